The van der Waals surface area contributed by atoms with Crippen LogP contribution in [0, 0.1) is 6.92 Å². The summed E-state index contributed by atoms with van der Waals surface area (Å²) in [5.74, 6) is 1.81. The van der Waals surface area contributed by atoms with Crippen LogP contribution in [0.2, 0.25) is 0 Å². The second-order valence-electron chi connectivity index (χ2n) is 6.82. The van der Waals surface area contributed by atoms with E-state index in [1.807, 2.05) is 13.0 Å². The first-order valence-electron chi connectivity index (χ1n) is 8.64. The van der Waals surface area contributed by atoms with Crippen molar-refractivity contribution in [2.45, 2.75) is 38.3 Å². The van der Waals surface area contributed by atoms with Crippen molar-refractivity contribution in [1.82, 2.24) is 10.1 Å². The molecule has 1 saturated heterocycles. The van der Waals surface area contributed by atoms with E-state index >= 15 is 0 Å². The Kier molecular flexibility index (Phi) is 4.06. The Balaban J connectivity index is 1.49. The number of piperidine rings is 1. The normalized spacial score (nSPS) is 20.1. The Morgan fingerprint density at radius 3 is 2.79 bits per heavy atom. The molecule has 2 aliphatic rings. The van der Waals surface area contributed by atoms with Crippen LogP contribution in [-0.2, 0) is 23.3 Å². The third-order valence-electron chi connectivity index (χ3n) is 5.28. The van der Waals surface area contributed by atoms with E-state index in [9.17, 15) is 0 Å². The summed E-state index contributed by atoms with van der Waals surface area (Å²) in [6.45, 7) is 5.60. The Labute approximate surface area is 142 Å². The maximum atomic E-state index is 6.31. The molecule has 128 valence electrons. The fourth-order valence-corrected chi connectivity index (χ4v) is 3.99. The summed E-state index contributed by atoms with van der Waals surface area (Å²) in [5.41, 5.74) is 3.61. The highest BCUT2D eigenvalue weighted by Crippen LogP contribution is 2.42. The standard InChI is InChI=1S/C19H24N2O3/c1-14-11-16(20-24-14)13-21-8-6-19(7-9-21)18-4-3-17(22-2)12-15(18)5-10-23-19/h3-4,11-12H,5-10,13H2,1-2H3. The Morgan fingerprint density at radius 1 is 1.25 bits per heavy atom. The second-order valence-corrected chi connectivity index (χ2v) is 6.82. The molecule has 0 radical (unpaired) electrons. The number of ether oxygens (including phenoxy) is 2. The van der Waals surface area contributed by atoms with E-state index in [1.165, 1.54) is 11.1 Å². The topological polar surface area (TPSA) is 47.7 Å². The number of likely N-dealkylation sites (tertiary alicyclic amines) is 1. The molecule has 1 spiro atoms. The molecule has 0 bridgehead atoms. The first kappa shape index (κ1) is 15.7. The van der Waals surface area contributed by atoms with Gasteiger partial charge in [-0.05, 0) is 49.4 Å². The number of hydrogen-bond donors (Lipinski definition) is 0. The average molecular weight is 328 g/mol. The molecule has 4 rings (SSSR count). The van der Waals surface area contributed by atoms with Crippen molar-refractivity contribution >= 4 is 0 Å². The molecule has 1 aromatic heterocycles. The number of aromatic nitrogens is 1. The third kappa shape index (κ3) is 2.82. The minimum absolute atomic E-state index is 0.129. The van der Waals surface area contributed by atoms with Gasteiger partial charge in [0.15, 0.2) is 0 Å². The lowest BCUT2D eigenvalue weighted by atomic mass is 9.79. The van der Waals surface area contributed by atoms with Crippen LogP contribution in [0.15, 0.2) is 28.8 Å². The van der Waals surface area contributed by atoms with Gasteiger partial charge in [-0.1, -0.05) is 11.2 Å². The van der Waals surface area contributed by atoms with Crippen LogP contribution >= 0.6 is 0 Å². The summed E-state index contributed by atoms with van der Waals surface area (Å²) in [6.07, 6.45) is 3.00. The van der Waals surface area contributed by atoms with Crippen molar-refractivity contribution < 1.29 is 14.0 Å². The average Bonchev–Trinajstić information content (AvgIpc) is 3.02. The molecule has 1 aromatic carbocycles. The first-order chi connectivity index (χ1) is 11.7. The predicted molar refractivity (Wildman–Crippen MR) is 90.1 cm³/mol. The Morgan fingerprint density at radius 2 is 2.08 bits per heavy atom. The lowest BCUT2D eigenvalue weighted by Crippen LogP contribution is -2.46. The van der Waals surface area contributed by atoms with Crippen molar-refractivity contribution in [3.05, 3.63) is 46.8 Å². The number of hydrogen-bond acceptors (Lipinski definition) is 5. The lowest BCUT2D eigenvalue weighted by molar-refractivity contribution is -0.0991. The first-order valence-corrected chi connectivity index (χ1v) is 8.64. The molecule has 2 aliphatic heterocycles. The highest BCUT2D eigenvalue weighted by atomic mass is 16.5. The van der Waals surface area contributed by atoms with Gasteiger partial charge in [-0.15, -0.1) is 0 Å². The zero-order valence-corrected chi connectivity index (χ0v) is 14.4. The smallest absolute Gasteiger partial charge is 0.133 e. The van der Waals surface area contributed by atoms with Crippen LogP contribution in [0.1, 0.15) is 35.4 Å². The van der Waals surface area contributed by atoms with Crippen molar-refractivity contribution in [2.24, 2.45) is 0 Å². The van der Waals surface area contributed by atoms with Crippen LogP contribution < -0.4 is 4.74 Å². The van der Waals surface area contributed by atoms with Gasteiger partial charge in [-0.25, -0.2) is 0 Å². The molecule has 3 heterocycles. The highest BCUT2D eigenvalue weighted by Gasteiger charge is 2.40. The number of benzene rings is 1. The number of fused-ring (bicyclic) bond motifs is 2. The summed E-state index contributed by atoms with van der Waals surface area (Å²) in [7, 11) is 1.72. The van der Waals surface area contributed by atoms with E-state index in [4.69, 9.17) is 14.0 Å². The zero-order chi connectivity index (χ0) is 16.6. The molecular formula is C19H24N2O3. The predicted octanol–water partition coefficient (Wildman–Crippen LogP) is 3.06. The largest absolute Gasteiger partial charge is 0.497 e. The molecule has 0 unspecified atom stereocenters. The minimum Gasteiger partial charge on any atom is -0.497 e. The molecule has 0 saturated carbocycles. The SMILES string of the molecule is COc1ccc2c(c1)CCOC21CCN(Cc2cc(C)on2)CC1. The quantitative estimate of drug-likeness (QED) is 0.867. The third-order valence-corrected chi connectivity index (χ3v) is 5.28. The molecule has 24 heavy (non-hydrogen) atoms. The number of nitrogens with zero attached hydrogens (tertiary/aromatic N) is 2. The minimum atomic E-state index is -0.129. The van der Waals surface area contributed by atoms with E-state index < -0.39 is 0 Å². The van der Waals surface area contributed by atoms with Gasteiger partial charge < -0.3 is 14.0 Å². The molecular weight excluding hydrogens is 304 g/mol. The summed E-state index contributed by atoms with van der Waals surface area (Å²) in [5, 5.41) is 4.11. The van der Waals surface area contributed by atoms with Crippen LogP contribution in [0.25, 0.3) is 0 Å². The number of aryl methyl sites for hydroxylation is 1. The zero-order valence-electron chi connectivity index (χ0n) is 14.4. The van der Waals surface area contributed by atoms with Gasteiger partial charge in [0.05, 0.1) is 25.0 Å². The van der Waals surface area contributed by atoms with Gasteiger partial charge in [0.2, 0.25) is 0 Å². The molecule has 1 fully saturated rings. The maximum Gasteiger partial charge on any atom is 0.133 e. The van der Waals surface area contributed by atoms with Gasteiger partial charge in [-0.3, -0.25) is 4.90 Å². The van der Waals surface area contributed by atoms with Crippen LogP contribution in [0.4, 0.5) is 0 Å². The maximum absolute atomic E-state index is 6.31. The van der Waals surface area contributed by atoms with E-state index in [2.05, 4.69) is 28.3 Å². The molecule has 0 atom stereocenters. The summed E-state index contributed by atoms with van der Waals surface area (Å²) in [6, 6.07) is 8.44. The molecule has 5 nitrogen and oxygen atoms in total. The number of methoxy groups -OCH3 is 1. The summed E-state index contributed by atoms with van der Waals surface area (Å²) in [4.78, 5) is 2.43. The Hall–Kier alpha value is -1.85. The van der Waals surface area contributed by atoms with Gasteiger partial charge in [0, 0.05) is 25.7 Å². The van der Waals surface area contributed by atoms with E-state index in [0.29, 0.717) is 0 Å². The van der Waals surface area contributed by atoms with E-state index in [-0.39, 0.29) is 5.60 Å². The molecule has 0 aliphatic carbocycles. The van der Waals surface area contributed by atoms with Crippen molar-refractivity contribution in [3.8, 4) is 5.75 Å². The van der Waals surface area contributed by atoms with Crippen LogP contribution in [0.3, 0.4) is 0 Å². The van der Waals surface area contributed by atoms with E-state index in [0.717, 1.165) is 62.7 Å². The van der Waals surface area contributed by atoms with Gasteiger partial charge in [-0.2, -0.15) is 0 Å². The highest BCUT2D eigenvalue weighted by molar-refractivity contribution is 5.41. The van der Waals surface area contributed by atoms with Gasteiger partial charge in [0.25, 0.3) is 0 Å². The summed E-state index contributed by atoms with van der Waals surface area (Å²) >= 11 is 0. The van der Waals surface area contributed by atoms with Crippen LogP contribution in [0.5, 0.6) is 5.75 Å². The van der Waals surface area contributed by atoms with Crippen molar-refractivity contribution in [3.63, 3.8) is 0 Å². The molecule has 0 N–H and O–H groups in total. The van der Waals surface area contributed by atoms with Crippen LogP contribution in [-0.4, -0.2) is 36.9 Å². The van der Waals surface area contributed by atoms with Gasteiger partial charge >= 0.3 is 0 Å². The van der Waals surface area contributed by atoms with E-state index in [1.54, 1.807) is 7.11 Å². The number of rotatable bonds is 3. The van der Waals surface area contributed by atoms with Gasteiger partial charge in [0.1, 0.15) is 11.5 Å². The lowest BCUT2D eigenvalue weighted by Gasteiger charge is -2.45. The molecule has 5 heteroatoms. The fourth-order valence-electron chi connectivity index (χ4n) is 3.99. The second kappa shape index (κ2) is 6.22. The molecule has 2 aromatic rings. The van der Waals surface area contributed by atoms with Crippen molar-refractivity contribution in [2.75, 3.05) is 26.8 Å². The summed E-state index contributed by atoms with van der Waals surface area (Å²) < 4.78 is 16.9. The fraction of sp³-hybridized carbons (Fsp3) is 0.526. The van der Waals surface area contributed by atoms with Crippen molar-refractivity contribution in [1.29, 1.82) is 0 Å². The molecule has 0 amide bonds. The Bertz CT molecular complexity index is 717. The monoisotopic (exact) mass is 328 g/mol.